The van der Waals surface area contributed by atoms with Crippen LogP contribution < -0.4 is 4.74 Å². The lowest BCUT2D eigenvalue weighted by molar-refractivity contribution is 0.109. The Morgan fingerprint density at radius 1 is 1.23 bits per heavy atom. The van der Waals surface area contributed by atoms with Gasteiger partial charge in [-0.1, -0.05) is 11.6 Å². The van der Waals surface area contributed by atoms with Crippen molar-refractivity contribution < 1.29 is 14.3 Å². The summed E-state index contributed by atoms with van der Waals surface area (Å²) >= 11 is 5.69. The second-order valence-electron chi connectivity index (χ2n) is 2.31. The molecule has 0 radical (unpaired) electrons. The van der Waals surface area contributed by atoms with Gasteiger partial charge in [0.15, 0.2) is 12.6 Å². The highest BCUT2D eigenvalue weighted by Crippen LogP contribution is 2.25. The molecule has 1 rings (SSSR count). The molecule has 1 aromatic carbocycles. The van der Waals surface area contributed by atoms with E-state index in [1.165, 1.54) is 13.2 Å². The Kier molecular flexibility index (Phi) is 3.03. The zero-order chi connectivity index (χ0) is 9.84. The quantitative estimate of drug-likeness (QED) is 0.698. The molecule has 0 heterocycles. The lowest BCUT2D eigenvalue weighted by atomic mass is 10.1. The number of methoxy groups -OCH3 is 1. The third-order valence-corrected chi connectivity index (χ3v) is 1.98. The summed E-state index contributed by atoms with van der Waals surface area (Å²) in [7, 11) is 1.42. The van der Waals surface area contributed by atoms with Gasteiger partial charge in [0.2, 0.25) is 0 Å². The first kappa shape index (κ1) is 9.74. The van der Waals surface area contributed by atoms with Gasteiger partial charge in [0.05, 0.1) is 17.7 Å². The van der Waals surface area contributed by atoms with Crippen LogP contribution in [0, 0.1) is 0 Å². The van der Waals surface area contributed by atoms with Gasteiger partial charge in [-0.05, 0) is 12.1 Å². The van der Waals surface area contributed by atoms with Crippen LogP contribution in [-0.4, -0.2) is 19.7 Å². The summed E-state index contributed by atoms with van der Waals surface area (Å²) in [5, 5.41) is 0.248. The van der Waals surface area contributed by atoms with Gasteiger partial charge in [-0.25, -0.2) is 0 Å². The van der Waals surface area contributed by atoms with Crippen LogP contribution in [0.15, 0.2) is 12.1 Å². The van der Waals surface area contributed by atoms with Crippen LogP contribution in [0.5, 0.6) is 5.75 Å². The van der Waals surface area contributed by atoms with Crippen molar-refractivity contribution in [1.29, 1.82) is 0 Å². The molecule has 0 aromatic heterocycles. The number of carbonyl (C=O) groups excluding carboxylic acids is 2. The normalized spacial score (nSPS) is 9.38. The average Bonchev–Trinajstić information content (AvgIpc) is 2.17. The van der Waals surface area contributed by atoms with Crippen LogP contribution >= 0.6 is 11.6 Å². The van der Waals surface area contributed by atoms with Crippen molar-refractivity contribution in [3.8, 4) is 5.75 Å². The molecular formula is C9H7ClO3. The molecule has 0 atom stereocenters. The number of carbonyl (C=O) groups is 2. The molecule has 13 heavy (non-hydrogen) atoms. The zero-order valence-corrected chi connectivity index (χ0v) is 7.67. The smallest absolute Gasteiger partial charge is 0.154 e. The Bertz CT molecular complexity index is 347. The van der Waals surface area contributed by atoms with E-state index in [0.29, 0.717) is 18.3 Å². The van der Waals surface area contributed by atoms with Crippen LogP contribution in [0.1, 0.15) is 20.7 Å². The Morgan fingerprint density at radius 3 is 2.31 bits per heavy atom. The minimum Gasteiger partial charge on any atom is -0.496 e. The van der Waals surface area contributed by atoms with Crippen molar-refractivity contribution >= 4 is 24.2 Å². The highest BCUT2D eigenvalue weighted by molar-refractivity contribution is 6.33. The monoisotopic (exact) mass is 198 g/mol. The van der Waals surface area contributed by atoms with Crippen molar-refractivity contribution in [3.63, 3.8) is 0 Å². The standard InChI is InChI=1S/C9H7ClO3/c1-13-9-3-2-8(10)6(4-11)7(9)5-12/h2-5H,1H3. The van der Waals surface area contributed by atoms with E-state index in [1.807, 2.05) is 0 Å². The minimum absolute atomic E-state index is 0.163. The third kappa shape index (κ3) is 1.70. The fourth-order valence-electron chi connectivity index (χ4n) is 1.01. The van der Waals surface area contributed by atoms with Crippen molar-refractivity contribution in [3.05, 3.63) is 28.3 Å². The van der Waals surface area contributed by atoms with E-state index in [4.69, 9.17) is 16.3 Å². The van der Waals surface area contributed by atoms with E-state index in [9.17, 15) is 9.59 Å². The second kappa shape index (κ2) is 4.05. The van der Waals surface area contributed by atoms with Gasteiger partial charge in [0.1, 0.15) is 5.75 Å². The lowest BCUT2D eigenvalue weighted by Gasteiger charge is -2.05. The summed E-state index contributed by atoms with van der Waals surface area (Å²) in [5.74, 6) is 0.349. The van der Waals surface area contributed by atoms with Gasteiger partial charge >= 0.3 is 0 Å². The summed E-state index contributed by atoms with van der Waals surface area (Å²) in [4.78, 5) is 21.2. The summed E-state index contributed by atoms with van der Waals surface area (Å²) < 4.78 is 4.88. The van der Waals surface area contributed by atoms with Crippen LogP contribution in [0.25, 0.3) is 0 Å². The molecule has 0 aliphatic carbocycles. The molecular weight excluding hydrogens is 192 g/mol. The predicted molar refractivity (Wildman–Crippen MR) is 48.8 cm³/mol. The van der Waals surface area contributed by atoms with E-state index in [0.717, 1.165) is 0 Å². The summed E-state index contributed by atoms with van der Waals surface area (Å²) in [6, 6.07) is 3.05. The van der Waals surface area contributed by atoms with Crippen molar-refractivity contribution in [2.75, 3.05) is 7.11 Å². The third-order valence-electron chi connectivity index (χ3n) is 1.65. The minimum atomic E-state index is 0.163. The van der Waals surface area contributed by atoms with Gasteiger partial charge in [-0.2, -0.15) is 0 Å². The largest absolute Gasteiger partial charge is 0.496 e. The van der Waals surface area contributed by atoms with E-state index in [-0.39, 0.29) is 16.1 Å². The lowest BCUT2D eigenvalue weighted by Crippen LogP contribution is -1.96. The SMILES string of the molecule is COc1ccc(Cl)c(C=O)c1C=O. The molecule has 0 amide bonds. The van der Waals surface area contributed by atoms with Gasteiger partial charge in [0.25, 0.3) is 0 Å². The molecule has 0 N–H and O–H groups in total. The van der Waals surface area contributed by atoms with Crippen LogP contribution in [-0.2, 0) is 0 Å². The molecule has 0 spiro atoms. The average molecular weight is 199 g/mol. The highest BCUT2D eigenvalue weighted by atomic mass is 35.5. The first-order valence-corrected chi connectivity index (χ1v) is 3.89. The maximum atomic E-state index is 10.6. The Labute approximate surface area is 80.3 Å². The molecule has 0 bridgehead atoms. The van der Waals surface area contributed by atoms with E-state index in [2.05, 4.69) is 0 Å². The molecule has 0 aliphatic heterocycles. The van der Waals surface area contributed by atoms with Gasteiger partial charge in [-0.15, -0.1) is 0 Å². The Morgan fingerprint density at radius 2 is 1.85 bits per heavy atom. The van der Waals surface area contributed by atoms with Gasteiger partial charge in [-0.3, -0.25) is 9.59 Å². The number of aldehydes is 2. The number of ether oxygens (including phenoxy) is 1. The number of halogens is 1. The fraction of sp³-hybridized carbons (Fsp3) is 0.111. The molecule has 0 saturated heterocycles. The molecule has 1 aromatic rings. The Hall–Kier alpha value is -1.35. The molecule has 68 valence electrons. The van der Waals surface area contributed by atoms with Crippen molar-refractivity contribution in [2.45, 2.75) is 0 Å². The fourth-order valence-corrected chi connectivity index (χ4v) is 1.22. The first-order valence-electron chi connectivity index (χ1n) is 3.51. The summed E-state index contributed by atoms with van der Waals surface area (Å²) in [6.07, 6.45) is 1.09. The maximum Gasteiger partial charge on any atom is 0.154 e. The van der Waals surface area contributed by atoms with Crippen LogP contribution in [0.2, 0.25) is 5.02 Å². The molecule has 0 aliphatic rings. The van der Waals surface area contributed by atoms with Crippen LogP contribution in [0.4, 0.5) is 0 Å². The predicted octanol–water partition coefficient (Wildman–Crippen LogP) is 1.97. The van der Waals surface area contributed by atoms with E-state index in [1.54, 1.807) is 6.07 Å². The van der Waals surface area contributed by atoms with Crippen LogP contribution in [0.3, 0.4) is 0 Å². The Balaban J connectivity index is 3.44. The second-order valence-corrected chi connectivity index (χ2v) is 2.72. The number of benzene rings is 1. The molecule has 0 fully saturated rings. The van der Waals surface area contributed by atoms with E-state index >= 15 is 0 Å². The van der Waals surface area contributed by atoms with Gasteiger partial charge < -0.3 is 4.74 Å². The molecule has 3 nitrogen and oxygen atoms in total. The number of hydrogen-bond acceptors (Lipinski definition) is 3. The topological polar surface area (TPSA) is 43.4 Å². The number of rotatable bonds is 3. The molecule has 4 heteroatoms. The highest BCUT2D eigenvalue weighted by Gasteiger charge is 2.11. The van der Waals surface area contributed by atoms with Crippen molar-refractivity contribution in [1.82, 2.24) is 0 Å². The summed E-state index contributed by atoms with van der Waals surface area (Å²) in [6.45, 7) is 0. The number of hydrogen-bond donors (Lipinski definition) is 0. The van der Waals surface area contributed by atoms with Crippen molar-refractivity contribution in [2.24, 2.45) is 0 Å². The molecule has 0 saturated carbocycles. The summed E-state index contributed by atoms with van der Waals surface area (Å²) in [5.41, 5.74) is 0.348. The molecule has 0 unspecified atom stereocenters. The van der Waals surface area contributed by atoms with Gasteiger partial charge in [0, 0.05) is 5.56 Å². The maximum absolute atomic E-state index is 10.6. The zero-order valence-electron chi connectivity index (χ0n) is 6.91. The van der Waals surface area contributed by atoms with E-state index < -0.39 is 0 Å². The first-order chi connectivity index (χ1) is 6.24.